The van der Waals surface area contributed by atoms with Crippen molar-refractivity contribution in [1.29, 1.82) is 0 Å². The zero-order valence-corrected chi connectivity index (χ0v) is 11.9. The molecule has 5 heteroatoms. The number of aromatic nitrogens is 2. The molecule has 3 N–H and O–H groups in total. The van der Waals surface area contributed by atoms with E-state index in [1.54, 1.807) is 10.9 Å². The number of amides is 1. The van der Waals surface area contributed by atoms with Gasteiger partial charge in [-0.25, -0.2) is 0 Å². The summed E-state index contributed by atoms with van der Waals surface area (Å²) in [5.74, 6) is -0.370. The van der Waals surface area contributed by atoms with Crippen molar-refractivity contribution in [3.8, 4) is 0 Å². The van der Waals surface area contributed by atoms with Gasteiger partial charge >= 0.3 is 0 Å². The Bertz CT molecular complexity index is 438. The molecular weight excluding hydrogens is 240 g/mol. The molecule has 1 unspecified atom stereocenters. The maximum Gasteiger partial charge on any atom is 0.239 e. The number of hydrogen-bond acceptors (Lipinski definition) is 3. The average molecular weight is 264 g/mol. The van der Waals surface area contributed by atoms with Crippen molar-refractivity contribution in [1.82, 2.24) is 9.78 Å². The normalized spacial score (nSPS) is 22.7. The Morgan fingerprint density at radius 1 is 1.53 bits per heavy atom. The Morgan fingerprint density at radius 2 is 2.32 bits per heavy atom. The molecule has 1 fully saturated rings. The highest BCUT2D eigenvalue weighted by molar-refractivity contribution is 5.73. The van der Waals surface area contributed by atoms with E-state index in [2.05, 4.69) is 24.3 Å². The quantitative estimate of drug-likeness (QED) is 0.818. The molecule has 1 aliphatic carbocycles. The van der Waals surface area contributed by atoms with Crippen LogP contribution in [-0.2, 0) is 11.3 Å². The molecule has 0 saturated heterocycles. The van der Waals surface area contributed by atoms with Gasteiger partial charge in [-0.05, 0) is 31.1 Å². The van der Waals surface area contributed by atoms with Gasteiger partial charge in [-0.1, -0.05) is 20.3 Å². The lowest BCUT2D eigenvalue weighted by molar-refractivity contribution is -0.118. The summed E-state index contributed by atoms with van der Waals surface area (Å²) in [6.07, 6.45) is 9.81. The molecule has 1 atom stereocenters. The fourth-order valence-electron chi connectivity index (χ4n) is 2.73. The van der Waals surface area contributed by atoms with Gasteiger partial charge in [-0.2, -0.15) is 5.10 Å². The number of carbonyl (C=O) groups is 1. The molecular formula is C14H24N4O. The van der Waals surface area contributed by atoms with Crippen LogP contribution in [0.2, 0.25) is 0 Å². The van der Waals surface area contributed by atoms with Crippen LogP contribution in [0.25, 0.3) is 0 Å². The lowest BCUT2D eigenvalue weighted by Gasteiger charge is -2.22. The van der Waals surface area contributed by atoms with Crippen LogP contribution in [-0.4, -0.2) is 21.7 Å². The van der Waals surface area contributed by atoms with Gasteiger partial charge in [-0.3, -0.25) is 9.48 Å². The topological polar surface area (TPSA) is 72.9 Å². The highest BCUT2D eigenvalue weighted by Crippen LogP contribution is 2.34. The van der Waals surface area contributed by atoms with E-state index in [0.29, 0.717) is 11.5 Å². The predicted molar refractivity (Wildman–Crippen MR) is 75.7 cm³/mol. The second-order valence-electron chi connectivity index (χ2n) is 6.33. The van der Waals surface area contributed by atoms with E-state index in [1.165, 1.54) is 32.1 Å². The van der Waals surface area contributed by atoms with Crippen molar-refractivity contribution in [2.45, 2.75) is 58.5 Å². The van der Waals surface area contributed by atoms with Crippen LogP contribution in [0.4, 0.5) is 5.69 Å². The molecule has 1 aliphatic rings. The van der Waals surface area contributed by atoms with E-state index in [1.807, 2.05) is 6.20 Å². The molecule has 106 valence electrons. The third-order valence-corrected chi connectivity index (χ3v) is 3.90. The van der Waals surface area contributed by atoms with Crippen molar-refractivity contribution in [3.63, 3.8) is 0 Å². The van der Waals surface area contributed by atoms with Crippen LogP contribution >= 0.6 is 0 Å². The number of nitrogens with two attached hydrogens (primary N) is 1. The van der Waals surface area contributed by atoms with E-state index in [9.17, 15) is 4.79 Å². The first-order chi connectivity index (χ1) is 8.94. The van der Waals surface area contributed by atoms with Crippen molar-refractivity contribution in [2.75, 3.05) is 5.32 Å². The number of carbonyl (C=O) groups excluding carboxylic acids is 1. The van der Waals surface area contributed by atoms with Gasteiger partial charge in [0.2, 0.25) is 5.91 Å². The second-order valence-corrected chi connectivity index (χ2v) is 6.33. The smallest absolute Gasteiger partial charge is 0.239 e. The molecule has 1 aromatic rings. The summed E-state index contributed by atoms with van der Waals surface area (Å²) in [4.78, 5) is 10.8. The maximum atomic E-state index is 10.8. The zero-order valence-electron chi connectivity index (χ0n) is 11.9. The fraction of sp³-hybridized carbons (Fsp3) is 0.714. The monoisotopic (exact) mass is 264 g/mol. The van der Waals surface area contributed by atoms with Crippen molar-refractivity contribution >= 4 is 11.6 Å². The van der Waals surface area contributed by atoms with Crippen LogP contribution < -0.4 is 11.1 Å². The van der Waals surface area contributed by atoms with Crippen LogP contribution in [0.1, 0.15) is 46.0 Å². The van der Waals surface area contributed by atoms with Gasteiger partial charge in [0.1, 0.15) is 6.54 Å². The molecule has 1 saturated carbocycles. The van der Waals surface area contributed by atoms with Crippen molar-refractivity contribution < 1.29 is 4.79 Å². The van der Waals surface area contributed by atoms with E-state index >= 15 is 0 Å². The summed E-state index contributed by atoms with van der Waals surface area (Å²) in [6, 6.07) is 0.507. The Kier molecular flexibility index (Phi) is 4.12. The molecule has 0 bridgehead atoms. The first kappa shape index (κ1) is 13.9. The first-order valence-electron chi connectivity index (χ1n) is 7.02. The Morgan fingerprint density at radius 3 is 3.05 bits per heavy atom. The Hall–Kier alpha value is -1.52. The summed E-state index contributed by atoms with van der Waals surface area (Å²) < 4.78 is 1.57. The van der Waals surface area contributed by atoms with Crippen molar-refractivity contribution in [2.24, 2.45) is 11.1 Å². The number of primary amides is 1. The van der Waals surface area contributed by atoms with Gasteiger partial charge in [0.25, 0.3) is 0 Å². The van der Waals surface area contributed by atoms with E-state index in [-0.39, 0.29) is 12.5 Å². The highest BCUT2D eigenvalue weighted by atomic mass is 16.1. The van der Waals surface area contributed by atoms with Crippen LogP contribution in [0.3, 0.4) is 0 Å². The van der Waals surface area contributed by atoms with Gasteiger partial charge in [0.15, 0.2) is 0 Å². The molecule has 0 aromatic carbocycles. The Labute approximate surface area is 114 Å². The van der Waals surface area contributed by atoms with Crippen LogP contribution in [0, 0.1) is 5.41 Å². The van der Waals surface area contributed by atoms with E-state index in [4.69, 9.17) is 5.73 Å². The largest absolute Gasteiger partial charge is 0.380 e. The molecule has 19 heavy (non-hydrogen) atoms. The SMILES string of the molecule is CC1(C)CCCC(Nc2cnn(CC(N)=O)c2)CC1. The number of hydrogen-bond donors (Lipinski definition) is 2. The number of nitrogens with zero attached hydrogens (tertiary/aromatic N) is 2. The van der Waals surface area contributed by atoms with E-state index < -0.39 is 0 Å². The van der Waals surface area contributed by atoms with Gasteiger partial charge in [0.05, 0.1) is 11.9 Å². The molecule has 1 heterocycles. The standard InChI is InChI=1S/C14H24N4O/c1-14(2)6-3-4-11(5-7-14)17-12-8-16-18(9-12)10-13(15)19/h8-9,11,17H,3-7,10H2,1-2H3,(H2,15,19). The zero-order chi connectivity index (χ0) is 13.9. The van der Waals surface area contributed by atoms with Gasteiger partial charge < -0.3 is 11.1 Å². The summed E-state index contributed by atoms with van der Waals surface area (Å²) in [5.41, 5.74) is 6.59. The molecule has 0 aliphatic heterocycles. The van der Waals surface area contributed by atoms with Crippen molar-refractivity contribution in [3.05, 3.63) is 12.4 Å². The molecule has 5 nitrogen and oxygen atoms in total. The lowest BCUT2D eigenvalue weighted by Crippen LogP contribution is -2.20. The Balaban J connectivity index is 1.90. The third kappa shape index (κ3) is 4.26. The minimum Gasteiger partial charge on any atom is -0.380 e. The van der Waals surface area contributed by atoms with Gasteiger partial charge in [-0.15, -0.1) is 0 Å². The summed E-state index contributed by atoms with van der Waals surface area (Å²) in [7, 11) is 0. The van der Waals surface area contributed by atoms with E-state index in [0.717, 1.165) is 5.69 Å². The highest BCUT2D eigenvalue weighted by Gasteiger charge is 2.24. The fourth-order valence-corrected chi connectivity index (χ4v) is 2.73. The minimum absolute atomic E-state index is 0.138. The number of rotatable bonds is 4. The molecule has 0 spiro atoms. The minimum atomic E-state index is -0.370. The molecule has 1 amide bonds. The summed E-state index contributed by atoms with van der Waals surface area (Å²) in [5, 5.41) is 7.64. The lowest BCUT2D eigenvalue weighted by atomic mass is 9.85. The predicted octanol–water partition coefficient (Wildman–Crippen LogP) is 2.14. The van der Waals surface area contributed by atoms with Crippen LogP contribution in [0.5, 0.6) is 0 Å². The van der Waals surface area contributed by atoms with Gasteiger partial charge in [0, 0.05) is 12.2 Å². The number of anilines is 1. The average Bonchev–Trinajstić information content (AvgIpc) is 2.64. The molecule has 0 radical (unpaired) electrons. The number of nitrogens with one attached hydrogen (secondary N) is 1. The molecule has 1 aromatic heterocycles. The third-order valence-electron chi connectivity index (χ3n) is 3.90. The van der Waals surface area contributed by atoms with Crippen LogP contribution in [0.15, 0.2) is 12.4 Å². The summed E-state index contributed by atoms with van der Waals surface area (Å²) in [6.45, 7) is 4.83. The maximum absolute atomic E-state index is 10.8. The molecule has 2 rings (SSSR count). The summed E-state index contributed by atoms with van der Waals surface area (Å²) >= 11 is 0. The first-order valence-corrected chi connectivity index (χ1v) is 7.02. The second kappa shape index (κ2) is 5.63.